The number of hydrogen-bond acceptors (Lipinski definition) is 7. The van der Waals surface area contributed by atoms with Gasteiger partial charge < -0.3 is 4.74 Å². The van der Waals surface area contributed by atoms with Gasteiger partial charge in [0.15, 0.2) is 12.3 Å². The van der Waals surface area contributed by atoms with E-state index < -0.39 is 48.7 Å². The van der Waals surface area contributed by atoms with Crippen LogP contribution in [0.15, 0.2) is 15.8 Å². The van der Waals surface area contributed by atoms with Gasteiger partial charge in [-0.3, -0.25) is 27.9 Å². The van der Waals surface area contributed by atoms with Crippen LogP contribution in [0.2, 0.25) is 0 Å². The Kier molecular flexibility index (Phi) is 4.72. The van der Waals surface area contributed by atoms with Crippen LogP contribution in [0.4, 0.5) is 4.39 Å². The molecule has 25 heavy (non-hydrogen) atoms. The van der Waals surface area contributed by atoms with E-state index in [9.17, 15) is 14.2 Å². The first-order chi connectivity index (χ1) is 11.5. The van der Waals surface area contributed by atoms with Crippen molar-refractivity contribution in [1.29, 1.82) is 0 Å². The van der Waals surface area contributed by atoms with Gasteiger partial charge in [0.1, 0.15) is 6.10 Å². The molecule has 9 nitrogen and oxygen atoms in total. The number of H-pyrrole nitrogens is 1. The van der Waals surface area contributed by atoms with Crippen molar-refractivity contribution < 1.29 is 27.3 Å². The summed E-state index contributed by atoms with van der Waals surface area (Å²) in [5.74, 6) is 0. The average Bonchev–Trinajstić information content (AvgIpc) is 2.73. The molecule has 1 unspecified atom stereocenters. The quantitative estimate of drug-likeness (QED) is 0.608. The lowest BCUT2D eigenvalue weighted by Gasteiger charge is -2.33. The van der Waals surface area contributed by atoms with Crippen LogP contribution in [0.3, 0.4) is 0 Å². The number of halogens is 2. The number of hydrogen-bond donors (Lipinski definition) is 1. The number of aromatic nitrogens is 2. The average molecular weight is 399 g/mol. The molecular weight excluding hydrogens is 382 g/mol. The number of aromatic amines is 1. The molecule has 3 rings (SSSR count). The SMILES string of the molecule is Cc1cn([C@@H]2O[C@@H]3COP(=O)(OC(C)C)O[C@H]3[C@]2(F)Cl)c(=O)[nH]c1=O. The second-order valence-corrected chi connectivity index (χ2v) is 8.26. The Morgan fingerprint density at radius 3 is 2.84 bits per heavy atom. The van der Waals surface area contributed by atoms with Crippen LogP contribution in [0.5, 0.6) is 0 Å². The predicted molar refractivity (Wildman–Crippen MR) is 84.3 cm³/mol. The minimum atomic E-state index is -4.02. The number of ether oxygens (including phenoxy) is 1. The Labute approximate surface area is 146 Å². The van der Waals surface area contributed by atoms with Gasteiger partial charge in [0, 0.05) is 11.8 Å². The molecule has 0 bridgehead atoms. The smallest absolute Gasteiger partial charge is 0.344 e. The van der Waals surface area contributed by atoms with Crippen LogP contribution in [-0.4, -0.2) is 39.6 Å². The fourth-order valence-electron chi connectivity index (χ4n) is 2.64. The summed E-state index contributed by atoms with van der Waals surface area (Å²) in [7, 11) is -4.02. The number of rotatable bonds is 3. The highest BCUT2D eigenvalue weighted by Crippen LogP contribution is 2.60. The molecule has 0 spiro atoms. The summed E-state index contributed by atoms with van der Waals surface area (Å²) in [6.45, 7) is 4.37. The van der Waals surface area contributed by atoms with Gasteiger partial charge in [0.05, 0.1) is 12.7 Å². The van der Waals surface area contributed by atoms with Crippen molar-refractivity contribution in [3.05, 3.63) is 32.6 Å². The molecule has 5 atom stereocenters. The zero-order chi connectivity index (χ0) is 18.6. The first-order valence-electron chi connectivity index (χ1n) is 7.50. The van der Waals surface area contributed by atoms with E-state index in [1.54, 1.807) is 13.8 Å². The summed E-state index contributed by atoms with van der Waals surface area (Å²) in [6.07, 6.45) is -3.47. The minimum absolute atomic E-state index is 0.163. The zero-order valence-electron chi connectivity index (χ0n) is 13.6. The fraction of sp³-hybridized carbons (Fsp3) is 0.692. The number of nitrogens with zero attached hydrogens (tertiary/aromatic N) is 1. The molecule has 0 saturated carbocycles. The molecule has 2 aliphatic rings. The van der Waals surface area contributed by atoms with Crippen LogP contribution in [0, 0.1) is 6.92 Å². The maximum atomic E-state index is 15.2. The van der Waals surface area contributed by atoms with E-state index in [2.05, 4.69) is 0 Å². The lowest BCUT2D eigenvalue weighted by molar-refractivity contribution is -0.0749. The number of fused-ring (bicyclic) bond motifs is 1. The van der Waals surface area contributed by atoms with E-state index in [-0.39, 0.29) is 12.2 Å². The lowest BCUT2D eigenvalue weighted by atomic mass is 10.1. The lowest BCUT2D eigenvalue weighted by Crippen LogP contribution is -2.45. The van der Waals surface area contributed by atoms with Crippen LogP contribution >= 0.6 is 19.4 Å². The fourth-order valence-corrected chi connectivity index (χ4v) is 4.63. The highest BCUT2D eigenvalue weighted by molar-refractivity contribution is 7.48. The van der Waals surface area contributed by atoms with Crippen LogP contribution in [0.25, 0.3) is 0 Å². The van der Waals surface area contributed by atoms with E-state index in [1.807, 2.05) is 4.98 Å². The van der Waals surface area contributed by atoms with Crippen molar-refractivity contribution in [3.63, 3.8) is 0 Å². The molecule has 3 heterocycles. The molecule has 0 radical (unpaired) electrons. The standard InChI is InChI=1S/C13H17ClFN2O7P/c1-6(2)23-25(20)21-5-8-9(24-25)13(14,15)11(22-8)17-4-7(3)10(18)16-12(17)19/h4,6,8-9,11H,5H2,1-3H3,(H,16,18,19)/t8-,9-,11-,13-,25?/m1/s1. The highest BCUT2D eigenvalue weighted by Gasteiger charge is 2.63. The van der Waals surface area contributed by atoms with Gasteiger partial charge in [-0.25, -0.2) is 13.8 Å². The topological polar surface area (TPSA) is 109 Å². The van der Waals surface area contributed by atoms with Gasteiger partial charge in [-0.05, 0) is 20.8 Å². The monoisotopic (exact) mass is 398 g/mol. The Balaban J connectivity index is 1.94. The Hall–Kier alpha value is -1.03. The van der Waals surface area contributed by atoms with Gasteiger partial charge in [0.2, 0.25) is 0 Å². The molecule has 2 saturated heterocycles. The van der Waals surface area contributed by atoms with Crippen molar-refractivity contribution >= 4 is 19.4 Å². The van der Waals surface area contributed by atoms with Crippen molar-refractivity contribution in [2.45, 2.75) is 50.4 Å². The molecule has 140 valence electrons. The third-order valence-corrected chi connectivity index (χ3v) is 5.76. The molecule has 1 aromatic heterocycles. The second-order valence-electron chi connectivity index (χ2n) is 6.10. The largest absolute Gasteiger partial charge is 0.475 e. The summed E-state index contributed by atoms with van der Waals surface area (Å²) < 4.78 is 49.2. The van der Waals surface area contributed by atoms with E-state index in [0.717, 1.165) is 10.8 Å². The molecule has 1 aromatic rings. The molecule has 0 aromatic carbocycles. The maximum absolute atomic E-state index is 15.2. The molecule has 0 aliphatic carbocycles. The van der Waals surface area contributed by atoms with Crippen LogP contribution in [0.1, 0.15) is 25.6 Å². The number of phosphoric ester groups is 1. The van der Waals surface area contributed by atoms with Crippen LogP contribution < -0.4 is 11.2 Å². The predicted octanol–water partition coefficient (Wildman–Crippen LogP) is 1.60. The molecule has 2 aliphatic heterocycles. The van der Waals surface area contributed by atoms with E-state index >= 15 is 4.39 Å². The van der Waals surface area contributed by atoms with Gasteiger partial charge in [-0.1, -0.05) is 11.6 Å². The summed E-state index contributed by atoms with van der Waals surface area (Å²) in [5.41, 5.74) is -1.34. The van der Waals surface area contributed by atoms with Gasteiger partial charge in [-0.2, -0.15) is 0 Å². The van der Waals surface area contributed by atoms with Gasteiger partial charge in [0.25, 0.3) is 10.7 Å². The Morgan fingerprint density at radius 1 is 1.52 bits per heavy atom. The molecule has 2 fully saturated rings. The van der Waals surface area contributed by atoms with Crippen molar-refractivity contribution in [2.75, 3.05) is 6.61 Å². The minimum Gasteiger partial charge on any atom is -0.344 e. The van der Waals surface area contributed by atoms with E-state index in [4.69, 9.17) is 29.9 Å². The highest BCUT2D eigenvalue weighted by atomic mass is 35.5. The summed E-state index contributed by atoms with van der Waals surface area (Å²) in [4.78, 5) is 25.5. The normalized spacial score (nSPS) is 38.1. The number of phosphoric acid groups is 1. The third kappa shape index (κ3) is 3.34. The van der Waals surface area contributed by atoms with Gasteiger partial charge in [-0.15, -0.1) is 0 Å². The summed E-state index contributed by atoms with van der Waals surface area (Å²) in [6, 6.07) is 0. The zero-order valence-corrected chi connectivity index (χ0v) is 15.3. The van der Waals surface area contributed by atoms with Crippen molar-refractivity contribution in [1.82, 2.24) is 9.55 Å². The second kappa shape index (κ2) is 6.29. The van der Waals surface area contributed by atoms with Crippen molar-refractivity contribution in [3.8, 4) is 0 Å². The van der Waals surface area contributed by atoms with Gasteiger partial charge >= 0.3 is 13.5 Å². The Bertz CT molecular complexity index is 838. The van der Waals surface area contributed by atoms with E-state index in [0.29, 0.717) is 0 Å². The number of alkyl halides is 2. The number of nitrogens with one attached hydrogen (secondary N) is 1. The number of aryl methyl sites for hydroxylation is 1. The maximum Gasteiger partial charge on any atom is 0.475 e. The van der Waals surface area contributed by atoms with Crippen molar-refractivity contribution in [2.24, 2.45) is 0 Å². The molecule has 1 N–H and O–H groups in total. The first kappa shape index (κ1) is 18.8. The first-order valence-corrected chi connectivity index (χ1v) is 9.34. The third-order valence-electron chi connectivity index (χ3n) is 3.73. The molecule has 12 heteroatoms. The van der Waals surface area contributed by atoms with Crippen LogP contribution in [-0.2, 0) is 22.9 Å². The summed E-state index contributed by atoms with van der Waals surface area (Å²) in [5, 5.41) is -2.74. The Morgan fingerprint density at radius 2 is 2.20 bits per heavy atom. The van der Waals surface area contributed by atoms with E-state index in [1.165, 1.54) is 6.92 Å². The summed E-state index contributed by atoms with van der Waals surface area (Å²) >= 11 is 5.97. The molecular formula is C13H17ClFN2O7P. The molecule has 0 amide bonds.